The Hall–Kier alpha value is -3.80. The average Bonchev–Trinajstić information content (AvgIpc) is 2.71. The van der Waals surface area contributed by atoms with Crippen LogP contribution in [0.4, 0.5) is 10.1 Å². The normalized spacial score (nSPS) is 11.5. The van der Waals surface area contributed by atoms with Crippen LogP contribution < -0.4 is 5.32 Å². The summed E-state index contributed by atoms with van der Waals surface area (Å²) < 4.78 is 19.2. The van der Waals surface area contributed by atoms with E-state index in [1.807, 2.05) is 12.1 Å². The monoisotopic (exact) mass is 418 g/mol. The number of benzene rings is 2. The molecule has 2 aromatic carbocycles. The summed E-state index contributed by atoms with van der Waals surface area (Å²) in [5.74, 6) is -1.61. The lowest BCUT2D eigenvalue weighted by molar-refractivity contribution is -0.148. The molecule has 1 amide bonds. The Kier molecular flexibility index (Phi) is 6.30. The number of nitrogens with one attached hydrogen (secondary N) is 1. The Labute approximate surface area is 180 Å². The molecule has 0 saturated heterocycles. The van der Waals surface area contributed by atoms with E-state index in [1.54, 1.807) is 45.2 Å². The molecule has 0 unspecified atom stereocenters. The number of amides is 1. The number of hydrogen-bond donors (Lipinski definition) is 1. The molecule has 0 saturated carbocycles. The van der Waals surface area contributed by atoms with E-state index in [-0.39, 0.29) is 5.56 Å². The van der Waals surface area contributed by atoms with Crippen LogP contribution in [0.1, 0.15) is 36.7 Å². The summed E-state index contributed by atoms with van der Waals surface area (Å²) in [5, 5.41) is 3.66. The summed E-state index contributed by atoms with van der Waals surface area (Å²) in [7, 11) is 0. The fraction of sp³-hybridized carbons (Fsp3) is 0.160. The van der Waals surface area contributed by atoms with Crippen LogP contribution in [0, 0.1) is 5.82 Å². The number of carbonyl (C=O) groups excluding carboxylic acids is 2. The predicted octanol–water partition coefficient (Wildman–Crippen LogP) is 5.54. The summed E-state index contributed by atoms with van der Waals surface area (Å²) in [4.78, 5) is 29.2. The summed E-state index contributed by atoms with van der Waals surface area (Å²) >= 11 is 0. The zero-order chi connectivity index (χ0) is 22.6. The molecule has 0 fully saturated rings. The van der Waals surface area contributed by atoms with Crippen molar-refractivity contribution < 1.29 is 18.7 Å². The molecule has 1 N–H and O–H groups in total. The van der Waals surface area contributed by atoms with Crippen LogP contribution in [0.25, 0.3) is 16.5 Å². The average molecular weight is 418 g/mol. The van der Waals surface area contributed by atoms with Gasteiger partial charge in [-0.25, -0.2) is 9.18 Å². The molecule has 31 heavy (non-hydrogen) atoms. The van der Waals surface area contributed by atoms with Crippen molar-refractivity contribution in [2.45, 2.75) is 26.4 Å². The standard InChI is InChI=1S/C25H23FN2O3/c1-16(10-13-22(29)31-25(2,3)4)19-12-11-18(26)15-20(19)24(30)28-21-9-5-7-17-8-6-14-27-23(17)21/h5-15H,1H2,2-4H3,(H,28,30)/b13-10+. The smallest absolute Gasteiger partial charge is 0.331 e. The molecular formula is C25H23FN2O3. The highest BCUT2D eigenvalue weighted by Crippen LogP contribution is 2.25. The van der Waals surface area contributed by atoms with Crippen molar-refractivity contribution in [2.24, 2.45) is 0 Å². The minimum atomic E-state index is -0.629. The number of fused-ring (bicyclic) bond motifs is 1. The SMILES string of the molecule is C=C(/C=C/C(=O)OC(C)(C)C)c1ccc(F)cc1C(=O)Nc1cccc2cccnc12. The van der Waals surface area contributed by atoms with Gasteiger partial charge in [-0.05, 0) is 62.2 Å². The first kappa shape index (κ1) is 21.9. The predicted molar refractivity (Wildman–Crippen MR) is 120 cm³/mol. The molecule has 6 heteroatoms. The fourth-order valence-electron chi connectivity index (χ4n) is 2.97. The number of pyridine rings is 1. The van der Waals surface area contributed by atoms with Crippen molar-refractivity contribution in [1.82, 2.24) is 4.98 Å². The second-order valence-electron chi connectivity index (χ2n) is 7.92. The van der Waals surface area contributed by atoms with Crippen molar-refractivity contribution in [3.8, 4) is 0 Å². The van der Waals surface area contributed by atoms with E-state index in [0.717, 1.165) is 11.5 Å². The van der Waals surface area contributed by atoms with Gasteiger partial charge in [0, 0.05) is 17.7 Å². The van der Waals surface area contributed by atoms with Gasteiger partial charge in [-0.2, -0.15) is 0 Å². The summed E-state index contributed by atoms with van der Waals surface area (Å²) in [6.07, 6.45) is 4.31. The van der Waals surface area contributed by atoms with E-state index < -0.39 is 23.3 Å². The second kappa shape index (κ2) is 8.92. The van der Waals surface area contributed by atoms with Gasteiger partial charge in [0.15, 0.2) is 0 Å². The molecule has 0 aliphatic carbocycles. The first-order valence-electron chi connectivity index (χ1n) is 9.69. The van der Waals surface area contributed by atoms with Crippen LogP contribution in [-0.2, 0) is 9.53 Å². The zero-order valence-electron chi connectivity index (χ0n) is 17.6. The van der Waals surface area contributed by atoms with Crippen LogP contribution in [-0.4, -0.2) is 22.5 Å². The van der Waals surface area contributed by atoms with Crippen molar-refractivity contribution in [1.29, 1.82) is 0 Å². The lowest BCUT2D eigenvalue weighted by Gasteiger charge is -2.18. The Balaban J connectivity index is 1.88. The lowest BCUT2D eigenvalue weighted by atomic mass is 9.99. The third-order valence-electron chi connectivity index (χ3n) is 4.28. The number of hydrogen-bond acceptors (Lipinski definition) is 4. The molecule has 0 spiro atoms. The number of carbonyl (C=O) groups is 2. The molecule has 0 bridgehead atoms. The van der Waals surface area contributed by atoms with Gasteiger partial charge in [0.05, 0.1) is 16.8 Å². The van der Waals surface area contributed by atoms with Gasteiger partial charge >= 0.3 is 5.97 Å². The number of halogens is 1. The maximum Gasteiger partial charge on any atom is 0.331 e. The van der Waals surface area contributed by atoms with Crippen molar-refractivity contribution in [3.63, 3.8) is 0 Å². The first-order chi connectivity index (χ1) is 14.6. The summed E-state index contributed by atoms with van der Waals surface area (Å²) in [6.45, 7) is 9.20. The van der Waals surface area contributed by atoms with E-state index in [4.69, 9.17) is 4.74 Å². The molecule has 5 nitrogen and oxygen atoms in total. The molecule has 1 heterocycles. The van der Waals surface area contributed by atoms with E-state index in [2.05, 4.69) is 16.9 Å². The van der Waals surface area contributed by atoms with Crippen LogP contribution in [0.3, 0.4) is 0 Å². The molecule has 3 rings (SSSR count). The number of allylic oxidation sites excluding steroid dienone is 2. The van der Waals surface area contributed by atoms with E-state index in [9.17, 15) is 14.0 Å². The molecule has 0 aliphatic heterocycles. The van der Waals surface area contributed by atoms with Crippen molar-refractivity contribution >= 4 is 34.0 Å². The van der Waals surface area contributed by atoms with E-state index in [1.165, 1.54) is 24.3 Å². The molecule has 0 radical (unpaired) electrons. The Bertz CT molecular complexity index is 1190. The number of para-hydroxylation sites is 1. The van der Waals surface area contributed by atoms with Crippen molar-refractivity contribution in [3.05, 3.63) is 90.4 Å². The Morgan fingerprint density at radius 2 is 1.81 bits per heavy atom. The zero-order valence-corrected chi connectivity index (χ0v) is 17.6. The second-order valence-corrected chi connectivity index (χ2v) is 7.92. The highest BCUT2D eigenvalue weighted by atomic mass is 19.1. The number of anilines is 1. The van der Waals surface area contributed by atoms with Gasteiger partial charge in [-0.3, -0.25) is 9.78 Å². The Morgan fingerprint density at radius 1 is 1.06 bits per heavy atom. The minimum absolute atomic E-state index is 0.0896. The fourth-order valence-corrected chi connectivity index (χ4v) is 2.97. The molecule has 0 aliphatic rings. The first-order valence-corrected chi connectivity index (χ1v) is 9.69. The van der Waals surface area contributed by atoms with E-state index >= 15 is 0 Å². The van der Waals surface area contributed by atoms with Crippen molar-refractivity contribution in [2.75, 3.05) is 5.32 Å². The van der Waals surface area contributed by atoms with Crippen LogP contribution in [0.2, 0.25) is 0 Å². The van der Waals surface area contributed by atoms with E-state index in [0.29, 0.717) is 22.3 Å². The summed E-state index contributed by atoms with van der Waals surface area (Å²) in [5.41, 5.74) is 1.36. The topological polar surface area (TPSA) is 68.3 Å². The third-order valence-corrected chi connectivity index (χ3v) is 4.28. The van der Waals surface area contributed by atoms with Gasteiger partial charge in [0.1, 0.15) is 11.4 Å². The number of nitrogens with zero attached hydrogens (tertiary/aromatic N) is 1. The molecule has 158 valence electrons. The maximum atomic E-state index is 13.9. The number of esters is 1. The minimum Gasteiger partial charge on any atom is -0.457 e. The molecule has 1 aromatic heterocycles. The van der Waals surface area contributed by atoms with Gasteiger partial charge in [-0.1, -0.05) is 30.8 Å². The van der Waals surface area contributed by atoms with Crippen LogP contribution in [0.5, 0.6) is 0 Å². The third kappa shape index (κ3) is 5.63. The molecule has 3 aromatic rings. The Morgan fingerprint density at radius 3 is 2.55 bits per heavy atom. The van der Waals surface area contributed by atoms with Crippen LogP contribution >= 0.6 is 0 Å². The van der Waals surface area contributed by atoms with Gasteiger partial charge in [-0.15, -0.1) is 0 Å². The van der Waals surface area contributed by atoms with Gasteiger partial charge < -0.3 is 10.1 Å². The van der Waals surface area contributed by atoms with Crippen LogP contribution in [0.15, 0.2) is 73.5 Å². The lowest BCUT2D eigenvalue weighted by Crippen LogP contribution is -2.22. The largest absolute Gasteiger partial charge is 0.457 e. The molecule has 0 atom stereocenters. The molecular weight excluding hydrogens is 395 g/mol. The summed E-state index contributed by atoms with van der Waals surface area (Å²) in [6, 6.07) is 12.9. The highest BCUT2D eigenvalue weighted by Gasteiger charge is 2.17. The highest BCUT2D eigenvalue weighted by molar-refractivity contribution is 6.11. The number of rotatable bonds is 5. The van der Waals surface area contributed by atoms with Gasteiger partial charge in [0.2, 0.25) is 0 Å². The number of ether oxygens (including phenoxy) is 1. The maximum absolute atomic E-state index is 13.9. The van der Waals surface area contributed by atoms with Gasteiger partial charge in [0.25, 0.3) is 5.91 Å². The number of aromatic nitrogens is 1. The quantitative estimate of drug-likeness (QED) is 0.336.